The van der Waals surface area contributed by atoms with Crippen LogP contribution in [0.5, 0.6) is 0 Å². The molecule has 0 spiro atoms. The fourth-order valence-corrected chi connectivity index (χ4v) is 3.76. The Hall–Kier alpha value is -1.61. The SMILES string of the molecule is C[C@@H]1CCCC[C@H]1NC(=O)CN1CC=C(c2ccccc2)CC1. The van der Waals surface area contributed by atoms with E-state index in [1.807, 2.05) is 0 Å². The Kier molecular flexibility index (Phi) is 5.50. The smallest absolute Gasteiger partial charge is 0.234 e. The highest BCUT2D eigenvalue weighted by Gasteiger charge is 2.24. The first-order chi connectivity index (χ1) is 11.2. The van der Waals surface area contributed by atoms with Gasteiger partial charge in [0.1, 0.15) is 0 Å². The summed E-state index contributed by atoms with van der Waals surface area (Å²) in [5.41, 5.74) is 2.72. The van der Waals surface area contributed by atoms with Crippen molar-refractivity contribution in [3.63, 3.8) is 0 Å². The molecule has 1 N–H and O–H groups in total. The summed E-state index contributed by atoms with van der Waals surface area (Å²) in [5.74, 6) is 0.818. The van der Waals surface area contributed by atoms with Gasteiger partial charge in [-0.1, -0.05) is 56.2 Å². The van der Waals surface area contributed by atoms with Gasteiger partial charge in [0.25, 0.3) is 0 Å². The zero-order valence-electron chi connectivity index (χ0n) is 14.1. The van der Waals surface area contributed by atoms with Crippen LogP contribution in [0.25, 0.3) is 5.57 Å². The Morgan fingerprint density at radius 2 is 2.00 bits per heavy atom. The lowest BCUT2D eigenvalue weighted by Gasteiger charge is -2.31. The molecule has 1 heterocycles. The summed E-state index contributed by atoms with van der Waals surface area (Å²) in [5, 5.41) is 3.26. The van der Waals surface area contributed by atoms with E-state index >= 15 is 0 Å². The number of hydrogen-bond donors (Lipinski definition) is 1. The quantitative estimate of drug-likeness (QED) is 0.923. The molecule has 1 saturated carbocycles. The normalized spacial score (nSPS) is 25.7. The maximum absolute atomic E-state index is 12.3. The molecule has 0 saturated heterocycles. The predicted octanol–water partition coefficient (Wildman–Crippen LogP) is 3.47. The van der Waals surface area contributed by atoms with Crippen molar-refractivity contribution in [1.29, 1.82) is 0 Å². The van der Waals surface area contributed by atoms with Crippen LogP contribution in [-0.4, -0.2) is 36.5 Å². The van der Waals surface area contributed by atoms with Gasteiger partial charge in [0.2, 0.25) is 5.91 Å². The fourth-order valence-electron chi connectivity index (χ4n) is 3.76. The van der Waals surface area contributed by atoms with Crippen molar-refractivity contribution in [3.8, 4) is 0 Å². The van der Waals surface area contributed by atoms with Gasteiger partial charge in [-0.25, -0.2) is 0 Å². The monoisotopic (exact) mass is 312 g/mol. The third-order valence-corrected chi connectivity index (χ3v) is 5.26. The second kappa shape index (κ2) is 7.78. The third kappa shape index (κ3) is 4.44. The average Bonchev–Trinajstić information content (AvgIpc) is 2.58. The molecule has 2 atom stereocenters. The molecular weight excluding hydrogens is 284 g/mol. The Bertz CT molecular complexity index is 552. The number of nitrogens with zero attached hydrogens (tertiary/aromatic N) is 1. The molecule has 3 rings (SSSR count). The van der Waals surface area contributed by atoms with Crippen molar-refractivity contribution in [2.24, 2.45) is 5.92 Å². The summed E-state index contributed by atoms with van der Waals surface area (Å²) in [6.45, 7) is 4.63. The molecule has 23 heavy (non-hydrogen) atoms. The standard InChI is InChI=1S/C20H28N2O/c1-16-7-5-6-10-19(16)21-20(23)15-22-13-11-18(12-14-22)17-8-3-2-4-9-17/h2-4,8-9,11,16,19H,5-7,10,12-15H2,1H3,(H,21,23)/t16-,19-/m1/s1. The van der Waals surface area contributed by atoms with Crippen molar-refractivity contribution in [2.75, 3.05) is 19.6 Å². The van der Waals surface area contributed by atoms with E-state index < -0.39 is 0 Å². The third-order valence-electron chi connectivity index (χ3n) is 5.26. The van der Waals surface area contributed by atoms with Crippen molar-refractivity contribution < 1.29 is 4.79 Å². The van der Waals surface area contributed by atoms with Crippen LogP contribution in [0.2, 0.25) is 0 Å². The van der Waals surface area contributed by atoms with E-state index in [0.29, 0.717) is 18.5 Å². The summed E-state index contributed by atoms with van der Waals surface area (Å²) in [6, 6.07) is 10.9. The van der Waals surface area contributed by atoms with Crippen molar-refractivity contribution in [3.05, 3.63) is 42.0 Å². The van der Waals surface area contributed by atoms with Crippen LogP contribution in [-0.2, 0) is 4.79 Å². The second-order valence-corrected chi connectivity index (χ2v) is 7.02. The summed E-state index contributed by atoms with van der Waals surface area (Å²) in [4.78, 5) is 14.5. The number of hydrogen-bond acceptors (Lipinski definition) is 2. The maximum atomic E-state index is 12.3. The van der Waals surface area contributed by atoms with E-state index in [9.17, 15) is 4.79 Å². The minimum absolute atomic E-state index is 0.195. The van der Waals surface area contributed by atoms with Crippen LogP contribution in [0.15, 0.2) is 36.4 Å². The number of benzene rings is 1. The van der Waals surface area contributed by atoms with Gasteiger partial charge in [-0.05, 0) is 36.3 Å². The van der Waals surface area contributed by atoms with Crippen LogP contribution in [0.1, 0.15) is 44.6 Å². The van der Waals surface area contributed by atoms with Gasteiger partial charge in [0.05, 0.1) is 6.54 Å². The van der Waals surface area contributed by atoms with Crippen molar-refractivity contribution >= 4 is 11.5 Å². The van der Waals surface area contributed by atoms with E-state index in [4.69, 9.17) is 0 Å². The molecule has 1 fully saturated rings. The van der Waals surface area contributed by atoms with E-state index in [-0.39, 0.29) is 5.91 Å². The molecule has 2 aliphatic rings. The van der Waals surface area contributed by atoms with Gasteiger partial charge >= 0.3 is 0 Å². The molecule has 0 aromatic heterocycles. The van der Waals surface area contributed by atoms with Gasteiger partial charge < -0.3 is 5.32 Å². The van der Waals surface area contributed by atoms with Crippen LogP contribution >= 0.6 is 0 Å². The molecule has 1 aromatic rings. The first-order valence-electron chi connectivity index (χ1n) is 8.98. The molecule has 1 amide bonds. The summed E-state index contributed by atoms with van der Waals surface area (Å²) in [7, 11) is 0. The molecule has 1 aliphatic carbocycles. The predicted molar refractivity (Wildman–Crippen MR) is 95.0 cm³/mol. The van der Waals surface area contributed by atoms with Crippen LogP contribution < -0.4 is 5.32 Å². The van der Waals surface area contributed by atoms with Gasteiger partial charge in [-0.3, -0.25) is 9.69 Å². The highest BCUT2D eigenvalue weighted by Crippen LogP contribution is 2.24. The van der Waals surface area contributed by atoms with E-state index in [2.05, 4.69) is 53.5 Å². The molecule has 1 aromatic carbocycles. The zero-order valence-corrected chi connectivity index (χ0v) is 14.1. The summed E-state index contributed by atoms with van der Waals surface area (Å²) in [6.07, 6.45) is 8.25. The average molecular weight is 312 g/mol. The largest absolute Gasteiger partial charge is 0.352 e. The lowest BCUT2D eigenvalue weighted by Crippen LogP contribution is -2.46. The molecule has 3 heteroatoms. The number of carbonyl (C=O) groups is 1. The van der Waals surface area contributed by atoms with E-state index in [1.165, 1.54) is 30.4 Å². The van der Waals surface area contributed by atoms with Gasteiger partial charge in [0, 0.05) is 19.1 Å². The molecular formula is C20H28N2O. The zero-order chi connectivity index (χ0) is 16.1. The maximum Gasteiger partial charge on any atom is 0.234 e. The second-order valence-electron chi connectivity index (χ2n) is 7.02. The highest BCUT2D eigenvalue weighted by atomic mass is 16.2. The molecule has 0 unspecified atom stereocenters. The van der Waals surface area contributed by atoms with E-state index in [0.717, 1.165) is 25.9 Å². The Balaban J connectivity index is 1.48. The minimum Gasteiger partial charge on any atom is -0.352 e. The van der Waals surface area contributed by atoms with Crippen molar-refractivity contribution in [1.82, 2.24) is 10.2 Å². The topological polar surface area (TPSA) is 32.3 Å². The van der Waals surface area contributed by atoms with Crippen molar-refractivity contribution in [2.45, 2.75) is 45.1 Å². The van der Waals surface area contributed by atoms with Gasteiger partial charge in [0.15, 0.2) is 0 Å². The Morgan fingerprint density at radius 1 is 1.22 bits per heavy atom. The highest BCUT2D eigenvalue weighted by molar-refractivity contribution is 5.78. The molecule has 124 valence electrons. The Morgan fingerprint density at radius 3 is 2.70 bits per heavy atom. The number of nitrogens with one attached hydrogen (secondary N) is 1. The van der Waals surface area contributed by atoms with E-state index in [1.54, 1.807) is 0 Å². The first-order valence-corrected chi connectivity index (χ1v) is 8.98. The lowest BCUT2D eigenvalue weighted by molar-refractivity contribution is -0.123. The minimum atomic E-state index is 0.195. The first kappa shape index (κ1) is 16.3. The van der Waals surface area contributed by atoms with Crippen LogP contribution in [0.4, 0.5) is 0 Å². The van der Waals surface area contributed by atoms with Crippen LogP contribution in [0.3, 0.4) is 0 Å². The summed E-state index contributed by atoms with van der Waals surface area (Å²) < 4.78 is 0. The van der Waals surface area contributed by atoms with Gasteiger partial charge in [-0.2, -0.15) is 0 Å². The molecule has 0 radical (unpaired) electrons. The molecule has 1 aliphatic heterocycles. The van der Waals surface area contributed by atoms with Gasteiger partial charge in [-0.15, -0.1) is 0 Å². The summed E-state index contributed by atoms with van der Waals surface area (Å²) >= 11 is 0. The Labute approximate surface area is 139 Å². The van der Waals surface area contributed by atoms with Crippen LogP contribution in [0, 0.1) is 5.92 Å². The number of amides is 1. The molecule has 0 bridgehead atoms. The molecule has 3 nitrogen and oxygen atoms in total. The number of rotatable bonds is 4. The number of carbonyl (C=O) groups excluding carboxylic acids is 1. The fraction of sp³-hybridized carbons (Fsp3) is 0.550. The lowest BCUT2D eigenvalue weighted by atomic mass is 9.86.